The molecule has 0 N–H and O–H groups in total. The maximum absolute atomic E-state index is 13.6. The Bertz CT molecular complexity index is 1200. The highest BCUT2D eigenvalue weighted by molar-refractivity contribution is 6.31. The van der Waals surface area contributed by atoms with Gasteiger partial charge < -0.3 is 13.9 Å². The van der Waals surface area contributed by atoms with Gasteiger partial charge in [0, 0.05) is 35.4 Å². The van der Waals surface area contributed by atoms with Crippen molar-refractivity contribution in [2.45, 2.75) is 39.3 Å². The van der Waals surface area contributed by atoms with E-state index in [2.05, 4.69) is 40.4 Å². The summed E-state index contributed by atoms with van der Waals surface area (Å²) >= 11 is 6.26. The second-order valence-corrected chi connectivity index (χ2v) is 8.73. The summed E-state index contributed by atoms with van der Waals surface area (Å²) in [5.74, 6) is 0.143. The highest BCUT2D eigenvalue weighted by Crippen LogP contribution is 2.32. The van der Waals surface area contributed by atoms with Crippen molar-refractivity contribution in [1.82, 2.24) is 9.55 Å². The van der Waals surface area contributed by atoms with Gasteiger partial charge in [0.25, 0.3) is 6.01 Å². The summed E-state index contributed by atoms with van der Waals surface area (Å²) in [6, 6.07) is 13.6. The van der Waals surface area contributed by atoms with Gasteiger partial charge in [-0.2, -0.15) is 4.98 Å². The molecule has 0 saturated carbocycles. The summed E-state index contributed by atoms with van der Waals surface area (Å²) in [4.78, 5) is 6.86. The minimum absolute atomic E-state index is 0.248. The van der Waals surface area contributed by atoms with Crippen LogP contribution in [0.2, 0.25) is 5.02 Å². The fraction of sp³-hybridized carbons (Fsp3) is 0.348. The summed E-state index contributed by atoms with van der Waals surface area (Å²) in [6.45, 7) is 6.05. The molecule has 0 amide bonds. The quantitative estimate of drug-likeness (QED) is 0.409. The van der Waals surface area contributed by atoms with E-state index in [1.165, 1.54) is 28.7 Å². The molecule has 1 aliphatic heterocycles. The molecule has 150 valence electrons. The van der Waals surface area contributed by atoms with Gasteiger partial charge in [0.1, 0.15) is 11.3 Å². The number of anilines is 1. The molecule has 1 unspecified atom stereocenters. The largest absolute Gasteiger partial charge is 0.423 e. The smallest absolute Gasteiger partial charge is 0.298 e. The number of aromatic nitrogens is 2. The van der Waals surface area contributed by atoms with Crippen molar-refractivity contribution in [2.75, 3.05) is 11.4 Å². The highest BCUT2D eigenvalue weighted by Gasteiger charge is 2.29. The zero-order valence-electron chi connectivity index (χ0n) is 16.5. The van der Waals surface area contributed by atoms with Gasteiger partial charge in [0.05, 0.1) is 6.04 Å². The van der Waals surface area contributed by atoms with Gasteiger partial charge in [-0.3, -0.25) is 0 Å². The van der Waals surface area contributed by atoms with Crippen LogP contribution in [-0.2, 0) is 13.0 Å². The predicted octanol–water partition coefficient (Wildman–Crippen LogP) is 6.05. The van der Waals surface area contributed by atoms with E-state index in [9.17, 15) is 4.39 Å². The van der Waals surface area contributed by atoms with Crippen LogP contribution in [-0.4, -0.2) is 22.1 Å². The molecule has 0 aliphatic carbocycles. The van der Waals surface area contributed by atoms with E-state index in [1.807, 2.05) is 12.1 Å². The van der Waals surface area contributed by atoms with E-state index in [-0.39, 0.29) is 11.9 Å². The molecule has 0 radical (unpaired) electrons. The number of hydrogen-bond acceptors (Lipinski definition) is 3. The first-order chi connectivity index (χ1) is 14.0. The number of nitrogens with zero attached hydrogens (tertiary/aromatic N) is 3. The summed E-state index contributed by atoms with van der Waals surface area (Å²) < 4.78 is 22.0. The maximum Gasteiger partial charge on any atom is 0.298 e. The van der Waals surface area contributed by atoms with Crippen molar-refractivity contribution < 1.29 is 8.81 Å². The fourth-order valence-electron chi connectivity index (χ4n) is 4.37. The van der Waals surface area contributed by atoms with E-state index in [1.54, 1.807) is 6.07 Å². The number of fused-ring (bicyclic) bond motifs is 4. The van der Waals surface area contributed by atoms with Crippen LogP contribution in [0.25, 0.3) is 22.0 Å². The number of benzene rings is 2. The maximum atomic E-state index is 13.6. The van der Waals surface area contributed by atoms with Gasteiger partial charge in [-0.15, -0.1) is 0 Å². The Balaban J connectivity index is 1.53. The van der Waals surface area contributed by atoms with Crippen molar-refractivity contribution in [2.24, 2.45) is 5.92 Å². The van der Waals surface area contributed by atoms with Crippen LogP contribution in [0.5, 0.6) is 0 Å². The zero-order chi connectivity index (χ0) is 20.1. The molecule has 0 saturated heterocycles. The minimum Gasteiger partial charge on any atom is -0.423 e. The summed E-state index contributed by atoms with van der Waals surface area (Å²) in [7, 11) is 0. The lowest BCUT2D eigenvalue weighted by Crippen LogP contribution is -2.43. The van der Waals surface area contributed by atoms with E-state index in [0.29, 0.717) is 23.0 Å². The SMILES string of the molecule is CC(C)CN(c1nc2cc(F)ccc2o1)C1CCc2cc3ccc(Cl)cc3n2C1. The number of oxazole rings is 1. The second-order valence-electron chi connectivity index (χ2n) is 8.30. The predicted molar refractivity (Wildman–Crippen MR) is 115 cm³/mol. The van der Waals surface area contributed by atoms with Crippen molar-refractivity contribution >= 4 is 39.6 Å². The molecule has 0 bridgehead atoms. The van der Waals surface area contributed by atoms with Crippen LogP contribution < -0.4 is 4.90 Å². The summed E-state index contributed by atoms with van der Waals surface area (Å²) in [5.41, 5.74) is 3.68. The Kier molecular flexibility index (Phi) is 4.50. The number of hydrogen-bond donors (Lipinski definition) is 0. The third kappa shape index (κ3) is 3.38. The van der Waals surface area contributed by atoms with E-state index >= 15 is 0 Å². The van der Waals surface area contributed by atoms with Crippen LogP contribution in [0, 0.1) is 11.7 Å². The number of aryl methyl sites for hydroxylation is 1. The van der Waals surface area contributed by atoms with Gasteiger partial charge >= 0.3 is 0 Å². The lowest BCUT2D eigenvalue weighted by atomic mass is 10.0. The Morgan fingerprint density at radius 2 is 2.10 bits per heavy atom. The third-order valence-corrected chi connectivity index (χ3v) is 5.90. The lowest BCUT2D eigenvalue weighted by Gasteiger charge is -2.35. The van der Waals surface area contributed by atoms with E-state index in [4.69, 9.17) is 16.0 Å². The molecule has 1 aliphatic rings. The molecule has 5 rings (SSSR count). The van der Waals surface area contributed by atoms with Gasteiger partial charge in [-0.1, -0.05) is 31.5 Å². The Labute approximate surface area is 173 Å². The van der Waals surface area contributed by atoms with Crippen LogP contribution in [0.15, 0.2) is 46.9 Å². The van der Waals surface area contributed by atoms with Crippen molar-refractivity contribution in [1.29, 1.82) is 0 Å². The van der Waals surface area contributed by atoms with Crippen LogP contribution in [0.1, 0.15) is 26.0 Å². The van der Waals surface area contributed by atoms with Crippen molar-refractivity contribution in [3.05, 3.63) is 59.0 Å². The first-order valence-corrected chi connectivity index (χ1v) is 10.5. The third-order valence-electron chi connectivity index (χ3n) is 5.67. The molecule has 2 aromatic carbocycles. The lowest BCUT2D eigenvalue weighted by molar-refractivity contribution is 0.395. The average Bonchev–Trinajstić information content (AvgIpc) is 3.26. The first-order valence-electron chi connectivity index (χ1n) is 10.1. The molecule has 0 spiro atoms. The summed E-state index contributed by atoms with van der Waals surface area (Å²) in [5, 5.41) is 1.97. The highest BCUT2D eigenvalue weighted by atomic mass is 35.5. The van der Waals surface area contributed by atoms with Gasteiger partial charge in [-0.25, -0.2) is 4.39 Å². The molecule has 6 heteroatoms. The average molecular weight is 412 g/mol. The van der Waals surface area contributed by atoms with Gasteiger partial charge in [-0.05, 0) is 54.5 Å². The second kappa shape index (κ2) is 7.06. The first kappa shape index (κ1) is 18.5. The normalized spacial score (nSPS) is 16.7. The minimum atomic E-state index is -0.300. The van der Waals surface area contributed by atoms with Gasteiger partial charge in [0.2, 0.25) is 0 Å². The topological polar surface area (TPSA) is 34.2 Å². The number of halogens is 2. The van der Waals surface area contributed by atoms with Crippen LogP contribution in [0.4, 0.5) is 10.4 Å². The Hall–Kier alpha value is -2.53. The van der Waals surface area contributed by atoms with Crippen LogP contribution >= 0.6 is 11.6 Å². The Morgan fingerprint density at radius 3 is 2.93 bits per heavy atom. The molecule has 0 fully saturated rings. The fourth-order valence-corrected chi connectivity index (χ4v) is 4.53. The monoisotopic (exact) mass is 411 g/mol. The zero-order valence-corrected chi connectivity index (χ0v) is 17.3. The number of rotatable bonds is 4. The molecule has 3 heterocycles. The Morgan fingerprint density at radius 1 is 1.24 bits per heavy atom. The molecular formula is C23H23ClFN3O. The van der Waals surface area contributed by atoms with E-state index < -0.39 is 0 Å². The van der Waals surface area contributed by atoms with E-state index in [0.717, 1.165) is 31.0 Å². The molecule has 1 atom stereocenters. The van der Waals surface area contributed by atoms with Crippen molar-refractivity contribution in [3.63, 3.8) is 0 Å². The van der Waals surface area contributed by atoms with Crippen LogP contribution in [0.3, 0.4) is 0 Å². The molecule has 4 aromatic rings. The van der Waals surface area contributed by atoms with Gasteiger partial charge in [0.15, 0.2) is 5.58 Å². The molecule has 2 aromatic heterocycles. The molecule has 29 heavy (non-hydrogen) atoms. The summed E-state index contributed by atoms with van der Waals surface area (Å²) in [6.07, 6.45) is 2.00. The molecule has 4 nitrogen and oxygen atoms in total. The standard InChI is InChI=1S/C23H23ClFN3O/c1-14(2)12-28(23-26-20-11-17(25)5-8-22(20)29-23)19-7-6-18-9-15-3-4-16(24)10-21(15)27(18)13-19/h3-5,8-11,14,19H,6-7,12-13H2,1-2H3. The molecular weight excluding hydrogens is 389 g/mol. The van der Waals surface area contributed by atoms with Crippen molar-refractivity contribution in [3.8, 4) is 0 Å².